The second-order valence-electron chi connectivity index (χ2n) is 21.5. The predicted molar refractivity (Wildman–Crippen MR) is 296 cm³/mol. The van der Waals surface area contributed by atoms with Crippen molar-refractivity contribution in [1.82, 2.24) is 49.5 Å². The SMILES string of the molecule is C=C(Cn1nnc(-c2ccc3nc4c(c(CC)c3c2)Cn2c-4cc3c(c2=O)COC(=O)[C@]3(O)CC)n1)C(=O)N1CCN(c2nc(OC[C@@]34CCCN3C[C@H](F)C4)nc3c(F)c(-c4ccc(F)c5sc(N)c(C#N)c45)c(Cl)cc23)[C@@H](C)C1. The number of tetrazole rings is 1. The summed E-state index contributed by atoms with van der Waals surface area (Å²) in [4.78, 5) is 62.3. The number of aryl methyl sites for hydroxylation is 1. The third-order valence-electron chi connectivity index (χ3n) is 17.0. The number of cyclic esters (lactones) is 1. The Kier molecular flexibility index (Phi) is 12.5. The summed E-state index contributed by atoms with van der Waals surface area (Å²) in [5.41, 5.74) is 8.10. The minimum Gasteiger partial charge on any atom is -0.461 e. The molecule has 5 aliphatic rings. The van der Waals surface area contributed by atoms with E-state index in [0.29, 0.717) is 47.7 Å². The third kappa shape index (κ3) is 8.14. The number of esters is 1. The molecule has 0 unspecified atom stereocenters. The number of thiophene rings is 1. The number of piperazine rings is 1. The number of alkyl halides is 1. The van der Waals surface area contributed by atoms with E-state index in [1.54, 1.807) is 22.5 Å². The number of hydrogen-bond donors (Lipinski definition) is 2. The van der Waals surface area contributed by atoms with Gasteiger partial charge in [0.05, 0.1) is 56.4 Å². The number of anilines is 2. The minimum atomic E-state index is -1.94. The molecule has 24 heteroatoms. The standard InChI is InChI=1S/C57H51ClF3N13O6S/c1-5-31-33-16-29(8-11-41(33)64-46-36(31)24-73-42(46)18-38-37(53(73)76)25-79-54(77)57(38,78)6-2)50-67-69-74(68-50)21-27(3)52(75)70-14-15-72(28(4)22-70)51-34-17-39(58)44(32-9-10-40(60)48-43(32)35(20-62)49(63)81-48)45(61)47(34)65-55(66-51)80-26-56-12-7-13-71(56)23-30(59)19-56/h8-11,16-18,28,30,78H,3,5-7,12-15,19,21-26,63H2,1-2,4H3/t28-,30+,56-,57-/m0/s1. The Labute approximate surface area is 469 Å². The van der Waals surface area contributed by atoms with Gasteiger partial charge >= 0.3 is 12.0 Å². The number of carbonyl (C=O) groups excluding carboxylic acids is 2. The van der Waals surface area contributed by atoms with Gasteiger partial charge < -0.3 is 34.7 Å². The molecule has 8 aromatic rings. The van der Waals surface area contributed by atoms with Crippen molar-refractivity contribution in [3.8, 4) is 46.0 Å². The topological polar surface area (TPSA) is 237 Å². The van der Waals surface area contributed by atoms with Crippen molar-refractivity contribution in [1.29, 1.82) is 5.26 Å². The van der Waals surface area contributed by atoms with Gasteiger partial charge in [-0.15, -0.1) is 21.5 Å². The average molecular weight is 1140 g/mol. The fraction of sp³-hybridized carbons (Fsp3) is 0.368. The first kappa shape index (κ1) is 52.3. The zero-order valence-corrected chi connectivity index (χ0v) is 45.7. The molecule has 3 aromatic carbocycles. The molecule has 0 bridgehead atoms. The zero-order chi connectivity index (χ0) is 56.6. The summed E-state index contributed by atoms with van der Waals surface area (Å²) >= 11 is 7.88. The number of ether oxygens (including phenoxy) is 2. The van der Waals surface area contributed by atoms with Crippen LogP contribution in [0.5, 0.6) is 6.01 Å². The monoisotopic (exact) mass is 1140 g/mol. The number of benzene rings is 3. The number of aliphatic hydroxyl groups is 1. The first-order valence-electron chi connectivity index (χ1n) is 26.7. The van der Waals surface area contributed by atoms with E-state index >= 15 is 8.78 Å². The molecule has 0 aliphatic carbocycles. The predicted octanol–water partition coefficient (Wildman–Crippen LogP) is 7.75. The number of nitriles is 1. The van der Waals surface area contributed by atoms with E-state index in [1.165, 1.54) is 23.0 Å². The van der Waals surface area contributed by atoms with Crippen molar-refractivity contribution in [3.63, 3.8) is 0 Å². The Morgan fingerprint density at radius 3 is 2.68 bits per heavy atom. The highest BCUT2D eigenvalue weighted by Gasteiger charge is 2.50. The van der Waals surface area contributed by atoms with Crippen LogP contribution in [0, 0.1) is 23.0 Å². The number of amides is 1. The van der Waals surface area contributed by atoms with Crippen LogP contribution in [-0.2, 0) is 46.0 Å². The Balaban J connectivity index is 0.754. The van der Waals surface area contributed by atoms with Crippen LogP contribution >= 0.6 is 22.9 Å². The van der Waals surface area contributed by atoms with Crippen LogP contribution in [0.25, 0.3) is 65.8 Å². The number of fused-ring (bicyclic) bond motifs is 8. The van der Waals surface area contributed by atoms with Crippen LogP contribution in [0.15, 0.2) is 59.4 Å². The molecule has 1 amide bonds. The lowest BCUT2D eigenvalue weighted by Gasteiger charge is -2.41. The molecule has 3 fully saturated rings. The van der Waals surface area contributed by atoms with Crippen LogP contribution < -0.4 is 20.9 Å². The number of carbonyl (C=O) groups is 2. The number of nitrogen functional groups attached to an aromatic ring is 1. The molecule has 3 saturated heterocycles. The zero-order valence-electron chi connectivity index (χ0n) is 44.2. The smallest absolute Gasteiger partial charge is 0.343 e. The van der Waals surface area contributed by atoms with Gasteiger partial charge in [-0.3, -0.25) is 14.5 Å². The normalized spacial score (nSPS) is 21.3. The Bertz CT molecular complexity index is 4180. The fourth-order valence-electron chi connectivity index (χ4n) is 12.9. The molecule has 414 valence electrons. The van der Waals surface area contributed by atoms with Crippen LogP contribution in [0.3, 0.4) is 0 Å². The summed E-state index contributed by atoms with van der Waals surface area (Å²) < 4.78 is 60.8. The van der Waals surface area contributed by atoms with Gasteiger partial charge in [0.25, 0.3) is 11.5 Å². The maximum atomic E-state index is 17.5. The quantitative estimate of drug-likeness (QED) is 0.0930. The minimum absolute atomic E-state index is 0.00451. The summed E-state index contributed by atoms with van der Waals surface area (Å²) in [6.45, 7) is 11.4. The molecule has 10 heterocycles. The average Bonchev–Trinajstić information content (AvgIpc) is 4.39. The molecule has 0 radical (unpaired) electrons. The first-order valence-corrected chi connectivity index (χ1v) is 27.9. The number of nitrogens with two attached hydrogens (primary N) is 1. The molecule has 81 heavy (non-hydrogen) atoms. The number of hydrogen-bond acceptors (Lipinski definition) is 17. The molecule has 4 atom stereocenters. The molecular formula is C57H51ClF3N13O6S. The fourth-order valence-corrected chi connectivity index (χ4v) is 14.1. The van der Waals surface area contributed by atoms with Gasteiger partial charge in [-0.1, -0.05) is 38.1 Å². The van der Waals surface area contributed by atoms with Gasteiger partial charge in [0.15, 0.2) is 11.4 Å². The van der Waals surface area contributed by atoms with Crippen LogP contribution in [0.1, 0.15) is 74.3 Å². The van der Waals surface area contributed by atoms with E-state index in [-0.39, 0.29) is 146 Å². The number of pyridine rings is 2. The highest BCUT2D eigenvalue weighted by Crippen LogP contribution is 2.47. The maximum absolute atomic E-state index is 17.5. The van der Waals surface area contributed by atoms with E-state index in [1.807, 2.05) is 43.0 Å². The van der Waals surface area contributed by atoms with Crippen LogP contribution in [0.2, 0.25) is 5.02 Å². The lowest BCUT2D eigenvalue weighted by molar-refractivity contribution is -0.172. The second-order valence-corrected chi connectivity index (χ2v) is 23.0. The van der Waals surface area contributed by atoms with Gasteiger partial charge in [0.2, 0.25) is 5.82 Å². The van der Waals surface area contributed by atoms with Gasteiger partial charge in [-0.25, -0.2) is 22.9 Å². The number of aromatic nitrogens is 8. The molecule has 0 saturated carbocycles. The van der Waals surface area contributed by atoms with Crippen LogP contribution in [0.4, 0.5) is 24.0 Å². The Morgan fingerprint density at radius 2 is 1.90 bits per heavy atom. The molecular weight excluding hydrogens is 1090 g/mol. The van der Waals surface area contributed by atoms with Crippen molar-refractivity contribution in [2.24, 2.45) is 0 Å². The summed E-state index contributed by atoms with van der Waals surface area (Å²) in [6, 6.07) is 12.8. The Hall–Kier alpha value is -8.04. The van der Waals surface area contributed by atoms with E-state index in [0.717, 1.165) is 40.8 Å². The molecule has 0 spiro atoms. The number of halogens is 4. The number of rotatable bonds is 11. The molecule has 19 nitrogen and oxygen atoms in total. The third-order valence-corrected chi connectivity index (χ3v) is 18.3. The van der Waals surface area contributed by atoms with Gasteiger partial charge in [0, 0.05) is 82.6 Å². The number of nitrogens with zero attached hydrogens (tertiary/aromatic N) is 12. The molecule has 5 aromatic heterocycles. The maximum Gasteiger partial charge on any atom is 0.343 e. The van der Waals surface area contributed by atoms with E-state index < -0.39 is 41.0 Å². The highest BCUT2D eigenvalue weighted by atomic mass is 35.5. The van der Waals surface area contributed by atoms with E-state index in [2.05, 4.69) is 31.9 Å². The summed E-state index contributed by atoms with van der Waals surface area (Å²) in [7, 11) is 0. The Morgan fingerprint density at radius 1 is 1.07 bits per heavy atom. The molecule has 5 aliphatic heterocycles. The van der Waals surface area contributed by atoms with Gasteiger partial charge in [-0.2, -0.15) is 20.0 Å². The molecule has 13 rings (SSSR count). The lowest BCUT2D eigenvalue weighted by atomic mass is 9.86. The van der Waals surface area contributed by atoms with Crippen LogP contribution in [-0.4, -0.2) is 124 Å². The largest absolute Gasteiger partial charge is 0.461 e. The van der Waals surface area contributed by atoms with Crippen molar-refractivity contribution in [3.05, 3.63) is 109 Å². The van der Waals surface area contributed by atoms with Crippen molar-refractivity contribution < 1.29 is 37.3 Å². The van der Waals surface area contributed by atoms with Crippen molar-refractivity contribution >= 4 is 77.5 Å². The summed E-state index contributed by atoms with van der Waals surface area (Å²) in [6.07, 6.45) is 1.49. The highest BCUT2D eigenvalue weighted by molar-refractivity contribution is 7.23. The van der Waals surface area contributed by atoms with Gasteiger partial charge in [-0.05, 0) is 91.9 Å². The summed E-state index contributed by atoms with van der Waals surface area (Å²) in [5, 5.41) is 35.9. The van der Waals surface area contributed by atoms with Gasteiger partial charge in [0.1, 0.15) is 47.6 Å². The van der Waals surface area contributed by atoms with Crippen molar-refractivity contribution in [2.45, 2.75) is 95.9 Å². The van der Waals surface area contributed by atoms with E-state index in [4.69, 9.17) is 36.8 Å². The van der Waals surface area contributed by atoms with E-state index in [9.17, 15) is 29.1 Å². The van der Waals surface area contributed by atoms with Crippen molar-refractivity contribution in [2.75, 3.05) is 50.0 Å². The second kappa shape index (κ2) is 19.3. The molecule has 3 N–H and O–H groups in total. The lowest BCUT2D eigenvalue weighted by Crippen LogP contribution is -2.54. The summed E-state index contributed by atoms with van der Waals surface area (Å²) in [5.74, 6) is -2.03. The first-order chi connectivity index (χ1) is 38.9.